The number of carbonyl (C=O) groups excluding carboxylic acids is 1. The Kier molecular flexibility index (Phi) is 6.34. The number of hydrogen-bond acceptors (Lipinski definition) is 7. The third kappa shape index (κ3) is 4.58. The number of para-hydroxylation sites is 1. The number of Topliss-reactive ketones (excluding diaryl/α,β-unsaturated/α-hetero) is 1. The van der Waals surface area contributed by atoms with Crippen molar-refractivity contribution in [1.82, 2.24) is 9.88 Å². The van der Waals surface area contributed by atoms with Gasteiger partial charge in [-0.05, 0) is 61.1 Å². The normalized spacial score (nSPS) is 19.4. The van der Waals surface area contributed by atoms with Gasteiger partial charge in [0.1, 0.15) is 11.5 Å². The number of hydrogen-bond donors (Lipinski definition) is 1. The molecule has 2 aromatic carbocycles. The van der Waals surface area contributed by atoms with E-state index in [0.29, 0.717) is 12.2 Å². The standard InChI is InChI=1S/C30H32N2O5.H2/c1-35-25-5-3-2-4-24(25)29(32-14-10-23(33)11-15-32)20-6-8-22(31-18-20)17-28(34)30(12-13-30)21-7-9-26-27(16-21)37-19-36-26;/h2-9,16,18,23,29,33H,10-15,17,19H2,1H3;1H. The number of methoxy groups -OCH3 is 1. The molecule has 6 rings (SSSR count). The zero-order valence-corrected chi connectivity index (χ0v) is 21.1. The van der Waals surface area contributed by atoms with Gasteiger partial charge in [0.05, 0.1) is 24.7 Å². The molecule has 2 aliphatic heterocycles. The first kappa shape index (κ1) is 23.9. The van der Waals surface area contributed by atoms with Crippen LogP contribution in [0.4, 0.5) is 0 Å². The lowest BCUT2D eigenvalue weighted by atomic mass is 9.88. The summed E-state index contributed by atoms with van der Waals surface area (Å²) in [6, 6.07) is 17.9. The molecule has 3 aromatic rings. The molecule has 0 radical (unpaired) electrons. The van der Waals surface area contributed by atoms with Gasteiger partial charge in [0, 0.05) is 38.4 Å². The van der Waals surface area contributed by atoms with Gasteiger partial charge in [0.2, 0.25) is 6.79 Å². The number of pyridine rings is 1. The van der Waals surface area contributed by atoms with Crippen LogP contribution in [0.2, 0.25) is 0 Å². The second-order valence-corrected chi connectivity index (χ2v) is 10.2. The Morgan fingerprint density at radius 1 is 1.14 bits per heavy atom. The van der Waals surface area contributed by atoms with Crippen LogP contribution in [0.5, 0.6) is 17.2 Å². The highest BCUT2D eigenvalue weighted by Gasteiger charge is 2.51. The first-order valence-corrected chi connectivity index (χ1v) is 13.0. The van der Waals surface area contributed by atoms with Crippen LogP contribution in [0.3, 0.4) is 0 Å². The molecule has 2 fully saturated rings. The summed E-state index contributed by atoms with van der Waals surface area (Å²) in [5.74, 6) is 2.47. The SMILES string of the molecule is COc1ccccc1C(c1ccc(CC(=O)C2(c3ccc4c(c3)OCO4)CC2)nc1)N1CCC(O)CC1.[HH]. The number of benzene rings is 2. The van der Waals surface area contributed by atoms with Gasteiger partial charge in [-0.25, -0.2) is 0 Å². The first-order valence-electron chi connectivity index (χ1n) is 13.0. The molecule has 0 bridgehead atoms. The highest BCUT2D eigenvalue weighted by atomic mass is 16.7. The number of piperidine rings is 1. The average Bonchev–Trinajstić information content (AvgIpc) is 3.62. The Morgan fingerprint density at radius 3 is 2.65 bits per heavy atom. The number of nitrogens with zero attached hydrogens (tertiary/aromatic N) is 2. The number of likely N-dealkylation sites (tertiary alicyclic amines) is 1. The van der Waals surface area contributed by atoms with Gasteiger partial charge in [-0.1, -0.05) is 30.3 Å². The molecule has 1 N–H and O–H groups in total. The molecule has 1 unspecified atom stereocenters. The zero-order chi connectivity index (χ0) is 25.4. The lowest BCUT2D eigenvalue weighted by Gasteiger charge is -2.37. The van der Waals surface area contributed by atoms with Crippen LogP contribution in [0.1, 0.15) is 55.5 Å². The fourth-order valence-electron chi connectivity index (χ4n) is 5.71. The van der Waals surface area contributed by atoms with E-state index in [2.05, 4.69) is 17.0 Å². The maximum absolute atomic E-state index is 13.4. The highest BCUT2D eigenvalue weighted by Crippen LogP contribution is 2.51. The van der Waals surface area contributed by atoms with Gasteiger partial charge < -0.3 is 19.3 Å². The molecular formula is C30H34N2O5. The predicted molar refractivity (Wildman–Crippen MR) is 140 cm³/mol. The van der Waals surface area contributed by atoms with Gasteiger partial charge in [0.25, 0.3) is 0 Å². The Hall–Kier alpha value is -3.42. The minimum atomic E-state index is -0.449. The molecule has 194 valence electrons. The molecule has 0 amide bonds. The van der Waals surface area contributed by atoms with Crippen molar-refractivity contribution in [2.24, 2.45) is 0 Å². The maximum Gasteiger partial charge on any atom is 0.231 e. The monoisotopic (exact) mass is 502 g/mol. The van der Waals surface area contributed by atoms with E-state index in [1.54, 1.807) is 7.11 Å². The Balaban J connectivity index is 0.00000294. The van der Waals surface area contributed by atoms with Crippen molar-refractivity contribution in [2.45, 2.75) is 49.7 Å². The predicted octanol–water partition coefficient (Wildman–Crippen LogP) is 4.45. The quantitative estimate of drug-likeness (QED) is 0.487. The molecule has 7 heteroatoms. The fourth-order valence-corrected chi connectivity index (χ4v) is 5.71. The van der Waals surface area contributed by atoms with Gasteiger partial charge in [-0.2, -0.15) is 0 Å². The number of ether oxygens (including phenoxy) is 3. The second kappa shape index (κ2) is 9.80. The van der Waals surface area contributed by atoms with Crippen LogP contribution in [0.15, 0.2) is 60.8 Å². The van der Waals surface area contributed by atoms with Crippen molar-refractivity contribution in [2.75, 3.05) is 27.0 Å². The molecule has 0 spiro atoms. The summed E-state index contributed by atoms with van der Waals surface area (Å²) in [6.07, 6.45) is 5.12. The average molecular weight is 503 g/mol. The van der Waals surface area contributed by atoms with Crippen molar-refractivity contribution in [3.8, 4) is 17.2 Å². The summed E-state index contributed by atoms with van der Waals surface area (Å²) in [5, 5.41) is 10.1. The van der Waals surface area contributed by atoms with Crippen molar-refractivity contribution in [1.29, 1.82) is 0 Å². The van der Waals surface area contributed by atoms with E-state index < -0.39 is 5.41 Å². The molecule has 3 heterocycles. The van der Waals surface area contributed by atoms with Crippen LogP contribution >= 0.6 is 0 Å². The van der Waals surface area contributed by atoms with Crippen LogP contribution in [-0.4, -0.2) is 53.9 Å². The summed E-state index contributed by atoms with van der Waals surface area (Å²) in [5.41, 5.74) is 3.45. The number of aromatic nitrogens is 1. The van der Waals surface area contributed by atoms with E-state index in [1.807, 2.05) is 48.7 Å². The molecule has 1 aliphatic carbocycles. The zero-order valence-electron chi connectivity index (χ0n) is 21.1. The number of aliphatic hydroxyl groups excluding tert-OH is 1. The van der Waals surface area contributed by atoms with E-state index >= 15 is 0 Å². The van der Waals surface area contributed by atoms with Gasteiger partial charge in [-0.3, -0.25) is 14.7 Å². The second-order valence-electron chi connectivity index (χ2n) is 10.2. The van der Waals surface area contributed by atoms with Gasteiger partial charge >= 0.3 is 0 Å². The molecule has 37 heavy (non-hydrogen) atoms. The molecule has 1 saturated heterocycles. The number of carbonyl (C=O) groups is 1. The van der Waals surface area contributed by atoms with Gasteiger partial charge in [0.15, 0.2) is 11.5 Å². The summed E-state index contributed by atoms with van der Waals surface area (Å²) >= 11 is 0. The van der Waals surface area contributed by atoms with Gasteiger partial charge in [-0.15, -0.1) is 0 Å². The summed E-state index contributed by atoms with van der Waals surface area (Å²) in [4.78, 5) is 20.6. The molecule has 1 atom stereocenters. The fraction of sp³-hybridized carbons (Fsp3) is 0.400. The third-order valence-corrected chi connectivity index (χ3v) is 8.01. The summed E-state index contributed by atoms with van der Waals surface area (Å²) < 4.78 is 16.7. The van der Waals surface area contributed by atoms with Crippen molar-refractivity contribution in [3.05, 3.63) is 83.2 Å². The minimum absolute atomic E-state index is 0. The molecule has 1 aromatic heterocycles. The number of aliphatic hydroxyl groups is 1. The molecule has 1 saturated carbocycles. The Bertz CT molecular complexity index is 1290. The van der Waals surface area contributed by atoms with Crippen LogP contribution < -0.4 is 14.2 Å². The van der Waals surface area contributed by atoms with E-state index in [-0.39, 0.29) is 26.1 Å². The molecule has 3 aliphatic rings. The topological polar surface area (TPSA) is 81.1 Å². The van der Waals surface area contributed by atoms with E-state index in [9.17, 15) is 9.90 Å². The number of fused-ring (bicyclic) bond motifs is 1. The number of rotatable bonds is 8. The minimum Gasteiger partial charge on any atom is -0.496 e. The Morgan fingerprint density at radius 2 is 1.92 bits per heavy atom. The maximum atomic E-state index is 13.4. The summed E-state index contributed by atoms with van der Waals surface area (Å²) in [7, 11) is 1.69. The van der Waals surface area contributed by atoms with Crippen LogP contribution in [0, 0.1) is 0 Å². The molecular weight excluding hydrogens is 468 g/mol. The first-order chi connectivity index (χ1) is 18.1. The number of ketones is 1. The van der Waals surface area contributed by atoms with Crippen molar-refractivity contribution in [3.63, 3.8) is 0 Å². The van der Waals surface area contributed by atoms with Crippen LogP contribution in [-0.2, 0) is 16.6 Å². The van der Waals surface area contributed by atoms with E-state index in [0.717, 1.165) is 72.7 Å². The molecule has 7 nitrogen and oxygen atoms in total. The van der Waals surface area contributed by atoms with Crippen LogP contribution in [0.25, 0.3) is 0 Å². The lowest BCUT2D eigenvalue weighted by molar-refractivity contribution is -0.120. The Labute approximate surface area is 218 Å². The third-order valence-electron chi connectivity index (χ3n) is 8.01. The lowest BCUT2D eigenvalue weighted by Crippen LogP contribution is -2.39. The van der Waals surface area contributed by atoms with Crippen molar-refractivity contribution < 1.29 is 25.5 Å². The summed E-state index contributed by atoms with van der Waals surface area (Å²) in [6.45, 7) is 1.81. The largest absolute Gasteiger partial charge is 0.496 e. The smallest absolute Gasteiger partial charge is 0.231 e. The van der Waals surface area contributed by atoms with E-state index in [1.165, 1.54) is 0 Å². The highest BCUT2D eigenvalue weighted by molar-refractivity contribution is 5.94. The van der Waals surface area contributed by atoms with Crippen molar-refractivity contribution >= 4 is 5.78 Å². The van der Waals surface area contributed by atoms with E-state index in [4.69, 9.17) is 19.2 Å².